The maximum Gasteiger partial charge on any atom is 0.336 e. The number of anilines is 1. The summed E-state index contributed by atoms with van der Waals surface area (Å²) in [6.45, 7) is 29.6. The number of carboxylic acids is 1. The van der Waals surface area contributed by atoms with E-state index in [1.54, 1.807) is 50.2 Å². The van der Waals surface area contributed by atoms with Crippen LogP contribution in [-0.4, -0.2) is 41.9 Å². The number of hydrogen-bond donors (Lipinski definition) is 4. The molecule has 82 heavy (non-hydrogen) atoms. The first-order valence-corrected chi connectivity index (χ1v) is 27.3. The zero-order valence-corrected chi connectivity index (χ0v) is 49.9. The van der Waals surface area contributed by atoms with E-state index >= 15 is 0 Å². The molecule has 10 aromatic rings. The normalized spacial score (nSPS) is 10.8. The molecule has 0 bridgehead atoms. The maximum absolute atomic E-state index is 10.8. The second kappa shape index (κ2) is 27.8. The molecule has 0 saturated heterocycles. The van der Waals surface area contributed by atoms with Crippen molar-refractivity contribution in [1.29, 1.82) is 0 Å². The van der Waals surface area contributed by atoms with Gasteiger partial charge in [-0.15, -0.1) is 20.4 Å². The van der Waals surface area contributed by atoms with Crippen LogP contribution in [0.3, 0.4) is 0 Å². The molecule has 0 aliphatic heterocycles. The molecule has 0 spiro atoms. The van der Waals surface area contributed by atoms with Crippen LogP contribution in [0.4, 0.5) is 5.69 Å². The molecular formula is C70H78N8O4. The zero-order chi connectivity index (χ0) is 59.9. The lowest BCUT2D eigenvalue weighted by Gasteiger charge is -2.22. The van der Waals surface area contributed by atoms with E-state index in [4.69, 9.17) is 21.1 Å². The molecule has 12 nitrogen and oxygen atoms in total. The summed E-state index contributed by atoms with van der Waals surface area (Å²) in [5, 5.41) is 26.4. The lowest BCUT2D eigenvalue weighted by Crippen LogP contribution is -2.29. The van der Waals surface area contributed by atoms with Crippen LogP contribution in [0.1, 0.15) is 118 Å². The van der Waals surface area contributed by atoms with E-state index < -0.39 is 5.97 Å². The van der Waals surface area contributed by atoms with Crippen molar-refractivity contribution < 1.29 is 19.1 Å². The van der Waals surface area contributed by atoms with Gasteiger partial charge in [0.15, 0.2) is 11.6 Å². The van der Waals surface area contributed by atoms with Crippen LogP contribution in [0.5, 0.6) is 0 Å². The number of nitrogens with one attached hydrogen (secondary N) is 1. The number of carbonyl (C=O) groups excluding carboxylic acids is 1. The minimum absolute atomic E-state index is 0.105. The molecule has 1 amide bonds. The van der Waals surface area contributed by atoms with Gasteiger partial charge < -0.3 is 15.3 Å². The van der Waals surface area contributed by atoms with Crippen LogP contribution in [0.15, 0.2) is 186 Å². The van der Waals surface area contributed by atoms with Crippen molar-refractivity contribution in [1.82, 2.24) is 30.4 Å². The minimum Gasteiger partial charge on any atom is -0.478 e. The molecule has 6 N–H and O–H groups in total. The Kier molecular flexibility index (Phi) is 21.0. The Morgan fingerprint density at radius 3 is 1.34 bits per heavy atom. The van der Waals surface area contributed by atoms with Crippen molar-refractivity contribution >= 4 is 17.6 Å². The van der Waals surface area contributed by atoms with Gasteiger partial charge in [0.1, 0.15) is 0 Å². The smallest absolute Gasteiger partial charge is 0.336 e. The predicted octanol–water partition coefficient (Wildman–Crippen LogP) is 16.0. The van der Waals surface area contributed by atoms with Crippen LogP contribution < -0.4 is 17.0 Å². The molecule has 0 saturated carbocycles. The number of nitrogen functional groups attached to an aromatic ring is 2. The Morgan fingerprint density at radius 2 is 0.890 bits per heavy atom. The fraction of sp³-hybridized carbons (Fsp3) is 0.229. The van der Waals surface area contributed by atoms with Crippen molar-refractivity contribution in [2.45, 2.75) is 108 Å². The number of amides is 1. The van der Waals surface area contributed by atoms with E-state index in [9.17, 15) is 9.59 Å². The van der Waals surface area contributed by atoms with E-state index in [0.29, 0.717) is 22.9 Å². The van der Waals surface area contributed by atoms with Crippen LogP contribution in [0, 0.1) is 55.4 Å². The second-order valence-corrected chi connectivity index (χ2v) is 22.3. The summed E-state index contributed by atoms with van der Waals surface area (Å²) in [4.78, 5) is 21.4. The predicted molar refractivity (Wildman–Crippen MR) is 335 cm³/mol. The first kappa shape index (κ1) is 61.9. The van der Waals surface area contributed by atoms with Crippen molar-refractivity contribution in [3.05, 3.63) is 249 Å². The van der Waals surface area contributed by atoms with Gasteiger partial charge >= 0.3 is 5.97 Å². The molecule has 0 aliphatic carbocycles. The number of hydrogen-bond acceptors (Lipinski definition) is 9. The average molecular weight is 1100 g/mol. The van der Waals surface area contributed by atoms with Crippen molar-refractivity contribution in [3.8, 4) is 51.4 Å². The number of nitrogens with two attached hydrogens (primary N) is 2. The molecule has 0 atom stereocenters. The van der Waals surface area contributed by atoms with E-state index in [0.717, 1.165) is 67.5 Å². The summed E-state index contributed by atoms with van der Waals surface area (Å²) in [5.74, 6) is 6.67. The molecule has 8 aromatic carbocycles. The number of benzene rings is 8. The van der Waals surface area contributed by atoms with Gasteiger partial charge in [-0.05, 0) is 158 Å². The Balaban J connectivity index is 0.000000178. The molecule has 0 unspecified atom stereocenters. The van der Waals surface area contributed by atoms with Gasteiger partial charge in [-0.2, -0.15) is 0 Å². The zero-order valence-electron chi connectivity index (χ0n) is 49.9. The van der Waals surface area contributed by atoms with E-state index in [2.05, 4.69) is 174 Å². The minimum atomic E-state index is -0.847. The summed E-state index contributed by atoms with van der Waals surface area (Å²) in [5.41, 5.74) is 26.6. The number of nitrogens with zero attached hydrogens (tertiary/aromatic N) is 5. The fourth-order valence-electron chi connectivity index (χ4n) is 9.13. The fourth-order valence-corrected chi connectivity index (χ4v) is 9.13. The monoisotopic (exact) mass is 1090 g/mol. The number of carbonyl (C=O) groups is 2. The summed E-state index contributed by atoms with van der Waals surface area (Å²) < 4.78 is 8.01. The molecule has 12 heteroatoms. The highest BCUT2D eigenvalue weighted by atomic mass is 16.4. The Bertz CT molecular complexity index is 3680. The largest absolute Gasteiger partial charge is 0.478 e. The molecule has 0 aliphatic rings. The average Bonchev–Trinajstić information content (AvgIpc) is 4.26. The Labute approximate surface area is 484 Å². The number of aromatic nitrogens is 5. The third-order valence-electron chi connectivity index (χ3n) is 13.8. The maximum atomic E-state index is 10.8. The first-order chi connectivity index (χ1) is 38.9. The van der Waals surface area contributed by atoms with Crippen LogP contribution in [0.25, 0.3) is 51.4 Å². The van der Waals surface area contributed by atoms with Crippen molar-refractivity contribution in [2.24, 2.45) is 5.84 Å². The highest BCUT2D eigenvalue weighted by Crippen LogP contribution is 2.35. The topological polar surface area (TPSA) is 188 Å². The third-order valence-corrected chi connectivity index (χ3v) is 13.8. The SMILES string of the molecule is Cc1cc(C(C)(C)C)ccc1-n1c(-c2ccccc2)nnc1-c1c(C)cccc1C.Cc1cc(C(C)(C)C)ccc1N.Cc1cccc(C)c1-c1nnc(-c2ccccc2)o1.Cc1cccc(C)c1C(=O)O.NNC(=O)c1ccccc1. The number of aromatic carboxylic acids is 1. The lowest BCUT2D eigenvalue weighted by atomic mass is 9.86. The van der Waals surface area contributed by atoms with Gasteiger partial charge in [0.2, 0.25) is 11.8 Å². The van der Waals surface area contributed by atoms with Crippen LogP contribution >= 0.6 is 0 Å². The summed E-state index contributed by atoms with van der Waals surface area (Å²) in [7, 11) is 0. The van der Waals surface area contributed by atoms with Crippen LogP contribution in [-0.2, 0) is 10.8 Å². The molecule has 10 rings (SSSR count). The van der Waals surface area contributed by atoms with Gasteiger partial charge in [0, 0.05) is 33.5 Å². The van der Waals surface area contributed by atoms with E-state index in [1.807, 2.05) is 85.1 Å². The summed E-state index contributed by atoms with van der Waals surface area (Å²) in [6, 6.07) is 59.8. The number of hydrazine groups is 1. The molecule has 422 valence electrons. The molecule has 2 heterocycles. The van der Waals surface area contributed by atoms with Gasteiger partial charge in [-0.25, -0.2) is 10.6 Å². The number of rotatable bonds is 7. The van der Waals surface area contributed by atoms with Crippen molar-refractivity contribution in [2.75, 3.05) is 5.73 Å². The summed E-state index contributed by atoms with van der Waals surface area (Å²) >= 11 is 0. The van der Waals surface area contributed by atoms with E-state index in [1.165, 1.54) is 33.4 Å². The number of aryl methyl sites for hydroxylation is 8. The molecular weight excluding hydrogens is 1020 g/mol. The highest BCUT2D eigenvalue weighted by molar-refractivity contribution is 5.93. The first-order valence-electron chi connectivity index (χ1n) is 27.3. The van der Waals surface area contributed by atoms with E-state index in [-0.39, 0.29) is 16.7 Å². The highest BCUT2D eigenvalue weighted by Gasteiger charge is 2.23. The standard InChI is InChI=1S/C27H29N3.C16H14N2O.C11H17N.C9H10O2.C7H8N2O/c1-18-11-10-12-19(2)24(18)26-29-28-25(21-13-8-7-9-14-21)30(26)23-16-15-22(17-20(23)3)27(4,5)6;1-11-7-6-8-12(2)14(11)16-18-17-15(19-16)13-9-4-3-5-10-13;1-8-7-9(11(2,3)4)5-6-10(8)12;1-6-4-3-5-7(2)8(6)9(10)11;8-9-7(10)6-4-2-1-3-5-6/h7-17H,1-6H3;3-10H,1-2H3;5-7H,12H2,1-4H3;3-5H,1-2H3,(H,10,11);1-5H,8H2,(H,9,10). The summed E-state index contributed by atoms with van der Waals surface area (Å²) in [6.07, 6.45) is 0. The Morgan fingerprint density at radius 1 is 0.463 bits per heavy atom. The Hall–Kier alpha value is -9.26. The molecule has 2 aromatic heterocycles. The van der Waals surface area contributed by atoms with Crippen molar-refractivity contribution in [3.63, 3.8) is 0 Å². The third kappa shape index (κ3) is 16.0. The van der Waals surface area contributed by atoms with Gasteiger partial charge in [-0.3, -0.25) is 14.8 Å². The second-order valence-electron chi connectivity index (χ2n) is 22.3. The van der Waals surface area contributed by atoms with Gasteiger partial charge in [0.05, 0.1) is 11.3 Å². The van der Waals surface area contributed by atoms with Gasteiger partial charge in [0.25, 0.3) is 5.91 Å². The van der Waals surface area contributed by atoms with Crippen LogP contribution in [0.2, 0.25) is 0 Å². The molecule has 0 radical (unpaired) electrons. The number of carboxylic acid groups (broad SMARTS) is 1. The molecule has 0 fully saturated rings. The lowest BCUT2D eigenvalue weighted by molar-refractivity contribution is 0.0695. The van der Waals surface area contributed by atoms with Gasteiger partial charge in [-0.1, -0.05) is 187 Å². The quantitative estimate of drug-likeness (QED) is 0.0517.